The van der Waals surface area contributed by atoms with E-state index in [1.807, 2.05) is 37.5 Å². The first-order valence-corrected chi connectivity index (χ1v) is 9.50. The lowest BCUT2D eigenvalue weighted by atomic mass is 10.1. The molecule has 2 heterocycles. The summed E-state index contributed by atoms with van der Waals surface area (Å²) in [5.74, 6) is 0.157. The van der Waals surface area contributed by atoms with Gasteiger partial charge in [0.15, 0.2) is 0 Å². The Bertz CT molecular complexity index is 651. The molecule has 1 aliphatic rings. The van der Waals surface area contributed by atoms with Gasteiger partial charge in [-0.3, -0.25) is 14.3 Å². The normalized spacial score (nSPS) is 17.6. The van der Waals surface area contributed by atoms with Gasteiger partial charge in [0.1, 0.15) is 0 Å². The van der Waals surface area contributed by atoms with E-state index in [4.69, 9.17) is 0 Å². The van der Waals surface area contributed by atoms with Crippen molar-refractivity contribution in [3.05, 3.63) is 17.0 Å². The van der Waals surface area contributed by atoms with Crippen molar-refractivity contribution in [1.29, 1.82) is 0 Å². The van der Waals surface area contributed by atoms with Crippen molar-refractivity contribution in [2.45, 2.75) is 59.0 Å². The SMILES string of the molecule is Cc1nn(C(C)C)c(C)c1C(=O)NCCC1CCC(=O)N1CCN(C)C. The molecule has 1 N–H and O–H groups in total. The van der Waals surface area contributed by atoms with E-state index < -0.39 is 0 Å². The van der Waals surface area contributed by atoms with Crippen LogP contribution in [0.4, 0.5) is 0 Å². The molecule has 0 saturated carbocycles. The Kier molecular flexibility index (Phi) is 6.81. The maximum absolute atomic E-state index is 12.6. The van der Waals surface area contributed by atoms with Crippen molar-refractivity contribution in [2.24, 2.45) is 0 Å². The first-order chi connectivity index (χ1) is 12.2. The number of hydrogen-bond acceptors (Lipinski definition) is 4. The van der Waals surface area contributed by atoms with Gasteiger partial charge in [-0.2, -0.15) is 5.10 Å². The quantitative estimate of drug-likeness (QED) is 0.764. The number of amides is 2. The minimum Gasteiger partial charge on any atom is -0.352 e. The van der Waals surface area contributed by atoms with Gasteiger partial charge in [0.05, 0.1) is 11.3 Å². The number of likely N-dealkylation sites (tertiary alicyclic amines) is 1. The van der Waals surface area contributed by atoms with Crippen LogP contribution in [0.3, 0.4) is 0 Å². The highest BCUT2D eigenvalue weighted by Gasteiger charge is 2.30. The van der Waals surface area contributed by atoms with Gasteiger partial charge >= 0.3 is 0 Å². The van der Waals surface area contributed by atoms with Gasteiger partial charge in [-0.25, -0.2) is 0 Å². The van der Waals surface area contributed by atoms with E-state index in [0.29, 0.717) is 18.5 Å². The summed E-state index contributed by atoms with van der Waals surface area (Å²) in [6.45, 7) is 10.1. The lowest BCUT2D eigenvalue weighted by molar-refractivity contribution is -0.129. The standard InChI is InChI=1S/C19H33N5O2/c1-13(2)24-15(4)18(14(3)21-24)19(26)20-10-9-16-7-8-17(25)23(16)12-11-22(5)6/h13,16H,7-12H2,1-6H3,(H,20,26). The molecule has 146 valence electrons. The van der Waals surface area contributed by atoms with Gasteiger partial charge in [-0.15, -0.1) is 0 Å². The molecule has 7 heteroatoms. The number of hydrogen-bond donors (Lipinski definition) is 1. The first kappa shape index (κ1) is 20.4. The second-order valence-electron chi connectivity index (χ2n) is 7.71. The Morgan fingerprint density at radius 3 is 2.62 bits per heavy atom. The first-order valence-electron chi connectivity index (χ1n) is 9.50. The number of nitrogens with one attached hydrogen (secondary N) is 1. The molecule has 1 aliphatic heterocycles. The maximum Gasteiger partial charge on any atom is 0.255 e. The van der Waals surface area contributed by atoms with Gasteiger partial charge in [-0.1, -0.05) is 0 Å². The van der Waals surface area contributed by atoms with Crippen LogP contribution >= 0.6 is 0 Å². The third-order valence-electron chi connectivity index (χ3n) is 5.04. The van der Waals surface area contributed by atoms with E-state index in [9.17, 15) is 9.59 Å². The molecule has 2 rings (SSSR count). The number of likely N-dealkylation sites (N-methyl/N-ethyl adjacent to an activating group) is 1. The number of carbonyl (C=O) groups is 2. The molecule has 1 atom stereocenters. The van der Waals surface area contributed by atoms with E-state index in [2.05, 4.69) is 29.2 Å². The molecule has 0 spiro atoms. The third-order valence-corrected chi connectivity index (χ3v) is 5.04. The molecule has 1 saturated heterocycles. The average Bonchev–Trinajstić information content (AvgIpc) is 3.05. The zero-order valence-corrected chi connectivity index (χ0v) is 17.0. The number of nitrogens with zero attached hydrogens (tertiary/aromatic N) is 4. The maximum atomic E-state index is 12.6. The molecule has 0 radical (unpaired) electrons. The molecule has 1 aromatic rings. The number of aryl methyl sites for hydroxylation is 1. The third kappa shape index (κ3) is 4.63. The van der Waals surface area contributed by atoms with Crippen LogP contribution in [-0.2, 0) is 4.79 Å². The molecule has 0 aromatic carbocycles. The number of aromatic nitrogens is 2. The van der Waals surface area contributed by atoms with E-state index in [1.165, 1.54) is 0 Å². The van der Waals surface area contributed by atoms with Crippen LogP contribution in [0, 0.1) is 13.8 Å². The largest absolute Gasteiger partial charge is 0.352 e. The summed E-state index contributed by atoms with van der Waals surface area (Å²) in [7, 11) is 4.02. The van der Waals surface area contributed by atoms with Crippen molar-refractivity contribution < 1.29 is 9.59 Å². The van der Waals surface area contributed by atoms with Crippen molar-refractivity contribution >= 4 is 11.8 Å². The monoisotopic (exact) mass is 363 g/mol. The molecule has 1 fully saturated rings. The Hall–Kier alpha value is -1.89. The summed E-state index contributed by atoms with van der Waals surface area (Å²) in [6, 6.07) is 0.452. The van der Waals surface area contributed by atoms with E-state index >= 15 is 0 Å². The Labute approximate surface area is 156 Å². The highest BCUT2D eigenvalue weighted by molar-refractivity contribution is 5.96. The van der Waals surface area contributed by atoms with E-state index in [-0.39, 0.29) is 23.9 Å². The average molecular weight is 364 g/mol. The fourth-order valence-corrected chi connectivity index (χ4v) is 3.64. The van der Waals surface area contributed by atoms with Gasteiger partial charge in [-0.05, 0) is 54.6 Å². The fourth-order valence-electron chi connectivity index (χ4n) is 3.64. The van der Waals surface area contributed by atoms with Crippen LogP contribution in [0.15, 0.2) is 0 Å². The molecule has 1 aromatic heterocycles. The van der Waals surface area contributed by atoms with Crippen molar-refractivity contribution in [3.8, 4) is 0 Å². The Balaban J connectivity index is 1.91. The topological polar surface area (TPSA) is 70.5 Å². The van der Waals surface area contributed by atoms with Gasteiger partial charge in [0.2, 0.25) is 5.91 Å². The molecular formula is C19H33N5O2. The predicted molar refractivity (Wildman–Crippen MR) is 102 cm³/mol. The second-order valence-corrected chi connectivity index (χ2v) is 7.71. The molecule has 1 unspecified atom stereocenters. The minimum absolute atomic E-state index is 0.0731. The summed E-state index contributed by atoms with van der Waals surface area (Å²) >= 11 is 0. The summed E-state index contributed by atoms with van der Waals surface area (Å²) < 4.78 is 1.89. The fraction of sp³-hybridized carbons (Fsp3) is 0.737. The van der Waals surface area contributed by atoms with Crippen molar-refractivity contribution in [1.82, 2.24) is 24.9 Å². The summed E-state index contributed by atoms with van der Waals surface area (Å²) in [6.07, 6.45) is 2.29. The Morgan fingerprint density at radius 1 is 1.35 bits per heavy atom. The number of rotatable bonds is 8. The lowest BCUT2D eigenvalue weighted by Crippen LogP contribution is -2.40. The highest BCUT2D eigenvalue weighted by atomic mass is 16.2. The molecule has 7 nitrogen and oxygen atoms in total. The second kappa shape index (κ2) is 8.66. The van der Waals surface area contributed by atoms with E-state index in [0.717, 1.165) is 37.3 Å². The van der Waals surface area contributed by atoms with Gasteiger partial charge in [0, 0.05) is 43.8 Å². The van der Waals surface area contributed by atoms with Crippen LogP contribution in [0.5, 0.6) is 0 Å². The lowest BCUT2D eigenvalue weighted by Gasteiger charge is -2.26. The molecule has 2 amide bonds. The molecule has 26 heavy (non-hydrogen) atoms. The van der Waals surface area contributed by atoms with Gasteiger partial charge < -0.3 is 15.1 Å². The van der Waals surface area contributed by atoms with Crippen LogP contribution < -0.4 is 5.32 Å². The molecule has 0 bridgehead atoms. The van der Waals surface area contributed by atoms with Crippen LogP contribution in [0.25, 0.3) is 0 Å². The van der Waals surface area contributed by atoms with Crippen molar-refractivity contribution in [3.63, 3.8) is 0 Å². The minimum atomic E-state index is -0.0731. The molecular weight excluding hydrogens is 330 g/mol. The zero-order valence-electron chi connectivity index (χ0n) is 17.0. The summed E-state index contributed by atoms with van der Waals surface area (Å²) in [5.41, 5.74) is 2.33. The Morgan fingerprint density at radius 2 is 2.04 bits per heavy atom. The highest BCUT2D eigenvalue weighted by Crippen LogP contribution is 2.21. The van der Waals surface area contributed by atoms with Crippen molar-refractivity contribution in [2.75, 3.05) is 33.7 Å². The van der Waals surface area contributed by atoms with Crippen LogP contribution in [0.1, 0.15) is 60.9 Å². The summed E-state index contributed by atoms with van der Waals surface area (Å²) in [5, 5.41) is 7.50. The van der Waals surface area contributed by atoms with Crippen LogP contribution in [0.2, 0.25) is 0 Å². The number of carbonyl (C=O) groups excluding carboxylic acids is 2. The molecule has 0 aliphatic carbocycles. The van der Waals surface area contributed by atoms with Crippen LogP contribution in [-0.4, -0.2) is 71.2 Å². The smallest absolute Gasteiger partial charge is 0.255 e. The van der Waals surface area contributed by atoms with Gasteiger partial charge in [0.25, 0.3) is 5.91 Å². The van der Waals surface area contributed by atoms with E-state index in [1.54, 1.807) is 0 Å². The zero-order chi connectivity index (χ0) is 19.4. The summed E-state index contributed by atoms with van der Waals surface area (Å²) in [4.78, 5) is 28.7. The predicted octanol–water partition coefficient (Wildman–Crippen LogP) is 1.75.